The molecule has 4 heteroatoms. The summed E-state index contributed by atoms with van der Waals surface area (Å²) in [5.41, 5.74) is 1.35. The van der Waals surface area contributed by atoms with Gasteiger partial charge in [-0.05, 0) is 63.1 Å². The van der Waals surface area contributed by atoms with Crippen LogP contribution in [0.2, 0.25) is 0 Å². The summed E-state index contributed by atoms with van der Waals surface area (Å²) in [5.74, 6) is 1.44. The Kier molecular flexibility index (Phi) is 4.87. The fraction of sp³-hybridized carbons (Fsp3) is 0.348. The van der Waals surface area contributed by atoms with Crippen molar-refractivity contribution in [3.05, 3.63) is 70.8 Å². The van der Waals surface area contributed by atoms with Gasteiger partial charge in [-0.2, -0.15) is 0 Å². The summed E-state index contributed by atoms with van der Waals surface area (Å²) in [6.45, 7) is 7.80. The third kappa shape index (κ3) is 3.04. The van der Waals surface area contributed by atoms with Crippen LogP contribution in [0.4, 0.5) is 0 Å². The van der Waals surface area contributed by atoms with Crippen LogP contribution >= 0.6 is 0 Å². The molecule has 3 rings (SSSR count). The van der Waals surface area contributed by atoms with Crippen molar-refractivity contribution in [2.24, 2.45) is 0 Å². The molecule has 27 heavy (non-hydrogen) atoms. The standard InChI is InChI=1S/C23H26O4/c1-15(2)20-21(24)23(27-22(20,3)4,16-7-11-18(25-5)12-8-16)17-9-13-19(26-6)14-10-17/h7-14H,1-6H3. The fourth-order valence-corrected chi connectivity index (χ4v) is 3.96. The highest BCUT2D eigenvalue weighted by molar-refractivity contribution is 6.08. The lowest BCUT2D eigenvalue weighted by Crippen LogP contribution is -2.35. The number of hydrogen-bond acceptors (Lipinski definition) is 4. The molecule has 0 radical (unpaired) electrons. The minimum Gasteiger partial charge on any atom is -0.497 e. The quantitative estimate of drug-likeness (QED) is 0.738. The van der Waals surface area contributed by atoms with E-state index in [2.05, 4.69) is 0 Å². The Morgan fingerprint density at radius 2 is 1.22 bits per heavy atom. The molecular formula is C23H26O4. The molecule has 0 bridgehead atoms. The first kappa shape index (κ1) is 19.2. The molecule has 0 N–H and O–H groups in total. The normalized spacial score (nSPS) is 17.7. The second-order valence-electron chi connectivity index (χ2n) is 7.45. The van der Waals surface area contributed by atoms with E-state index in [0.717, 1.165) is 28.2 Å². The van der Waals surface area contributed by atoms with E-state index in [0.29, 0.717) is 5.57 Å². The van der Waals surface area contributed by atoms with Gasteiger partial charge >= 0.3 is 0 Å². The molecule has 0 atom stereocenters. The molecule has 0 aliphatic carbocycles. The highest BCUT2D eigenvalue weighted by atomic mass is 16.5. The van der Waals surface area contributed by atoms with E-state index < -0.39 is 11.2 Å². The van der Waals surface area contributed by atoms with Crippen LogP contribution in [0.1, 0.15) is 38.8 Å². The molecule has 4 nitrogen and oxygen atoms in total. The van der Waals surface area contributed by atoms with E-state index >= 15 is 0 Å². The predicted octanol–water partition coefficient (Wildman–Crippen LogP) is 4.66. The van der Waals surface area contributed by atoms with Crippen molar-refractivity contribution in [1.82, 2.24) is 0 Å². The molecule has 1 fully saturated rings. The van der Waals surface area contributed by atoms with Gasteiger partial charge in [-0.25, -0.2) is 0 Å². The van der Waals surface area contributed by atoms with E-state index in [1.54, 1.807) is 14.2 Å². The molecule has 0 spiro atoms. The number of methoxy groups -OCH3 is 2. The number of allylic oxidation sites excluding steroid dienone is 1. The van der Waals surface area contributed by atoms with Crippen molar-refractivity contribution < 1.29 is 19.0 Å². The zero-order valence-corrected chi connectivity index (χ0v) is 16.8. The summed E-state index contributed by atoms with van der Waals surface area (Å²) < 4.78 is 17.1. The second kappa shape index (κ2) is 6.86. The number of hydrogen-bond donors (Lipinski definition) is 0. The summed E-state index contributed by atoms with van der Waals surface area (Å²) in [6.07, 6.45) is 0. The van der Waals surface area contributed by atoms with Crippen molar-refractivity contribution >= 4 is 5.78 Å². The molecule has 142 valence electrons. The number of Topliss-reactive ketones (excluding diaryl/α,β-unsaturated/α-hetero) is 1. The fourth-order valence-electron chi connectivity index (χ4n) is 3.96. The molecule has 0 unspecified atom stereocenters. The minimum absolute atomic E-state index is 0.0252. The molecule has 1 aliphatic rings. The number of ketones is 1. The summed E-state index contributed by atoms with van der Waals surface area (Å²) in [7, 11) is 3.24. The van der Waals surface area contributed by atoms with E-state index in [1.165, 1.54) is 0 Å². The van der Waals surface area contributed by atoms with Crippen molar-refractivity contribution in [3.63, 3.8) is 0 Å². The van der Waals surface area contributed by atoms with Crippen LogP contribution in [0.15, 0.2) is 59.7 Å². The van der Waals surface area contributed by atoms with Gasteiger partial charge in [0, 0.05) is 5.57 Å². The summed E-state index contributed by atoms with van der Waals surface area (Å²) in [6, 6.07) is 15.0. The second-order valence-corrected chi connectivity index (χ2v) is 7.45. The van der Waals surface area contributed by atoms with Gasteiger partial charge in [0.2, 0.25) is 5.78 Å². The number of rotatable bonds is 4. The molecule has 2 aromatic rings. The average Bonchev–Trinajstić information content (AvgIpc) is 2.88. The number of benzene rings is 2. The average molecular weight is 366 g/mol. The Morgan fingerprint density at radius 1 is 0.815 bits per heavy atom. The first-order valence-electron chi connectivity index (χ1n) is 8.98. The SMILES string of the molecule is COc1ccc(C2(c3ccc(OC)cc3)OC(C)(C)C(=C(C)C)C2=O)cc1. The minimum atomic E-state index is -1.20. The first-order chi connectivity index (χ1) is 12.8. The topological polar surface area (TPSA) is 44.8 Å². The third-order valence-electron chi connectivity index (χ3n) is 5.05. The van der Waals surface area contributed by atoms with Gasteiger partial charge in [0.05, 0.1) is 19.8 Å². The lowest BCUT2D eigenvalue weighted by Gasteiger charge is -2.31. The molecule has 0 aromatic heterocycles. The van der Waals surface area contributed by atoms with Crippen LogP contribution in [0.25, 0.3) is 0 Å². The van der Waals surface area contributed by atoms with Gasteiger partial charge in [-0.3, -0.25) is 4.79 Å². The molecular weight excluding hydrogens is 340 g/mol. The Bertz CT molecular complexity index is 822. The summed E-state index contributed by atoms with van der Waals surface area (Å²) in [5, 5.41) is 0. The monoisotopic (exact) mass is 366 g/mol. The lowest BCUT2D eigenvalue weighted by atomic mass is 9.79. The van der Waals surface area contributed by atoms with Gasteiger partial charge in [0.1, 0.15) is 11.5 Å². The number of carbonyl (C=O) groups excluding carboxylic acids is 1. The van der Waals surface area contributed by atoms with Crippen LogP contribution in [-0.2, 0) is 15.1 Å². The predicted molar refractivity (Wildman–Crippen MR) is 105 cm³/mol. The van der Waals surface area contributed by atoms with Crippen LogP contribution in [0, 0.1) is 0 Å². The molecule has 0 amide bonds. The van der Waals surface area contributed by atoms with E-state index in [9.17, 15) is 4.79 Å². The third-order valence-corrected chi connectivity index (χ3v) is 5.05. The maximum absolute atomic E-state index is 13.7. The van der Waals surface area contributed by atoms with Gasteiger partial charge in [0.25, 0.3) is 0 Å². The summed E-state index contributed by atoms with van der Waals surface area (Å²) in [4.78, 5) is 13.7. The highest BCUT2D eigenvalue weighted by Gasteiger charge is 2.57. The maximum atomic E-state index is 13.7. The van der Waals surface area contributed by atoms with Gasteiger partial charge < -0.3 is 14.2 Å². The van der Waals surface area contributed by atoms with Crippen LogP contribution in [0.5, 0.6) is 11.5 Å². The molecule has 0 saturated carbocycles. The van der Waals surface area contributed by atoms with Crippen LogP contribution < -0.4 is 9.47 Å². The number of carbonyl (C=O) groups is 1. The zero-order chi connectivity index (χ0) is 19.8. The first-order valence-corrected chi connectivity index (χ1v) is 8.98. The number of ether oxygens (including phenoxy) is 3. The Labute approximate surface area is 160 Å². The van der Waals surface area contributed by atoms with Gasteiger partial charge in [-0.15, -0.1) is 0 Å². The van der Waals surface area contributed by atoms with Crippen molar-refractivity contribution in [2.45, 2.75) is 38.9 Å². The van der Waals surface area contributed by atoms with Crippen molar-refractivity contribution in [3.8, 4) is 11.5 Å². The van der Waals surface area contributed by atoms with Gasteiger partial charge in [-0.1, -0.05) is 29.8 Å². The largest absolute Gasteiger partial charge is 0.497 e. The maximum Gasteiger partial charge on any atom is 0.202 e. The Hall–Kier alpha value is -2.59. The Balaban J connectivity index is 2.26. The zero-order valence-electron chi connectivity index (χ0n) is 16.8. The van der Waals surface area contributed by atoms with E-state index in [4.69, 9.17) is 14.2 Å². The summed E-state index contributed by atoms with van der Waals surface area (Å²) >= 11 is 0. The lowest BCUT2D eigenvalue weighted by molar-refractivity contribution is -0.132. The Morgan fingerprint density at radius 3 is 1.52 bits per heavy atom. The van der Waals surface area contributed by atoms with E-state index in [1.807, 2.05) is 76.2 Å². The smallest absolute Gasteiger partial charge is 0.202 e. The molecule has 1 saturated heterocycles. The molecule has 1 aliphatic heterocycles. The van der Waals surface area contributed by atoms with E-state index in [-0.39, 0.29) is 5.78 Å². The van der Waals surface area contributed by atoms with Crippen LogP contribution in [0.3, 0.4) is 0 Å². The van der Waals surface area contributed by atoms with Gasteiger partial charge in [0.15, 0.2) is 5.60 Å². The molecule has 1 heterocycles. The van der Waals surface area contributed by atoms with Crippen molar-refractivity contribution in [2.75, 3.05) is 14.2 Å². The van der Waals surface area contributed by atoms with Crippen molar-refractivity contribution in [1.29, 1.82) is 0 Å². The highest BCUT2D eigenvalue weighted by Crippen LogP contribution is 2.50. The molecule has 2 aromatic carbocycles. The van der Waals surface area contributed by atoms with Crippen LogP contribution in [-0.4, -0.2) is 25.6 Å².